The maximum atomic E-state index is 14.3. The number of nitrogen functional groups attached to an aromatic ring is 1. The summed E-state index contributed by atoms with van der Waals surface area (Å²) in [6, 6.07) is 4.87. The summed E-state index contributed by atoms with van der Waals surface area (Å²) in [6.45, 7) is 3.80. The van der Waals surface area contributed by atoms with Crippen LogP contribution in [0.3, 0.4) is 0 Å². The number of benzene rings is 1. The molecule has 0 bridgehead atoms. The summed E-state index contributed by atoms with van der Waals surface area (Å²) in [5.74, 6) is -0.0943. The van der Waals surface area contributed by atoms with E-state index in [4.69, 9.17) is 17.3 Å². The molecule has 2 N–H and O–H groups in total. The molecule has 0 radical (unpaired) electrons. The summed E-state index contributed by atoms with van der Waals surface area (Å²) < 4.78 is 16.0. The second-order valence-electron chi connectivity index (χ2n) is 4.58. The SMILES string of the molecule is Cc1c(C)n(-c2cccc(Cl)c2F)c2ncnc(N)c12. The largest absolute Gasteiger partial charge is 0.383 e. The van der Waals surface area contributed by atoms with Crippen molar-refractivity contribution in [3.63, 3.8) is 0 Å². The van der Waals surface area contributed by atoms with Gasteiger partial charge >= 0.3 is 0 Å². The lowest BCUT2D eigenvalue weighted by molar-refractivity contribution is 0.618. The van der Waals surface area contributed by atoms with Crippen LogP contribution < -0.4 is 5.73 Å². The molecule has 0 saturated heterocycles. The summed E-state index contributed by atoms with van der Waals surface area (Å²) in [5, 5.41) is 0.813. The molecule has 0 spiro atoms. The van der Waals surface area contributed by atoms with Gasteiger partial charge in [0.05, 0.1) is 16.1 Å². The topological polar surface area (TPSA) is 56.7 Å². The quantitative estimate of drug-likeness (QED) is 0.747. The van der Waals surface area contributed by atoms with Crippen LogP contribution in [-0.4, -0.2) is 14.5 Å². The second kappa shape index (κ2) is 4.45. The van der Waals surface area contributed by atoms with Crippen molar-refractivity contribution in [1.82, 2.24) is 14.5 Å². The summed E-state index contributed by atoms with van der Waals surface area (Å²) in [7, 11) is 0. The number of fused-ring (bicyclic) bond motifs is 1. The van der Waals surface area contributed by atoms with Crippen LogP contribution in [0.25, 0.3) is 16.7 Å². The Bertz CT molecular complexity index is 826. The van der Waals surface area contributed by atoms with E-state index in [9.17, 15) is 4.39 Å². The van der Waals surface area contributed by atoms with Gasteiger partial charge in [-0.1, -0.05) is 17.7 Å². The zero-order valence-corrected chi connectivity index (χ0v) is 11.7. The molecule has 0 atom stereocenters. The van der Waals surface area contributed by atoms with Crippen LogP contribution in [0.1, 0.15) is 11.3 Å². The fourth-order valence-electron chi connectivity index (χ4n) is 2.39. The highest BCUT2D eigenvalue weighted by atomic mass is 35.5. The zero-order chi connectivity index (χ0) is 14.4. The second-order valence-corrected chi connectivity index (χ2v) is 4.98. The van der Waals surface area contributed by atoms with Gasteiger partial charge in [-0.05, 0) is 31.5 Å². The number of hydrogen-bond acceptors (Lipinski definition) is 3. The summed E-state index contributed by atoms with van der Waals surface area (Å²) in [5.41, 5.74) is 8.61. The first-order valence-corrected chi connectivity index (χ1v) is 6.42. The van der Waals surface area contributed by atoms with Crippen LogP contribution in [0.15, 0.2) is 24.5 Å². The highest BCUT2D eigenvalue weighted by Gasteiger charge is 2.19. The number of aromatic nitrogens is 3. The van der Waals surface area contributed by atoms with Crippen molar-refractivity contribution in [3.8, 4) is 5.69 Å². The van der Waals surface area contributed by atoms with E-state index < -0.39 is 5.82 Å². The van der Waals surface area contributed by atoms with Crippen molar-refractivity contribution in [1.29, 1.82) is 0 Å². The van der Waals surface area contributed by atoms with Gasteiger partial charge in [-0.25, -0.2) is 14.4 Å². The highest BCUT2D eigenvalue weighted by Crippen LogP contribution is 2.32. The minimum atomic E-state index is -0.480. The predicted octanol–water partition coefficient (Wildman–Crippen LogP) is 3.41. The molecule has 0 amide bonds. The van der Waals surface area contributed by atoms with E-state index in [1.54, 1.807) is 16.7 Å². The Morgan fingerprint density at radius 3 is 2.75 bits per heavy atom. The smallest absolute Gasteiger partial charge is 0.165 e. The standard InChI is InChI=1S/C14H12ClFN4/c1-7-8(2)20(10-5-3-4-9(15)12(10)16)14-11(7)13(17)18-6-19-14/h3-6H,1-2H3,(H2,17,18,19). The Balaban J connectivity index is 2.46. The third kappa shape index (κ3) is 1.67. The molecule has 3 aromatic rings. The number of halogens is 2. The van der Waals surface area contributed by atoms with Crippen LogP contribution >= 0.6 is 11.6 Å². The molecule has 0 saturated carbocycles. The summed E-state index contributed by atoms with van der Waals surface area (Å²) >= 11 is 5.86. The van der Waals surface area contributed by atoms with Gasteiger partial charge < -0.3 is 5.73 Å². The van der Waals surface area contributed by atoms with Crippen LogP contribution in [-0.2, 0) is 0 Å². The summed E-state index contributed by atoms with van der Waals surface area (Å²) in [4.78, 5) is 8.22. The molecule has 2 heterocycles. The first-order valence-electron chi connectivity index (χ1n) is 6.05. The predicted molar refractivity (Wildman–Crippen MR) is 77.7 cm³/mol. The van der Waals surface area contributed by atoms with E-state index >= 15 is 0 Å². The lowest BCUT2D eigenvalue weighted by Gasteiger charge is -2.09. The van der Waals surface area contributed by atoms with Crippen LogP contribution in [0.5, 0.6) is 0 Å². The molecule has 0 aliphatic heterocycles. The molecule has 0 fully saturated rings. The average molecular weight is 291 g/mol. The van der Waals surface area contributed by atoms with Crippen LogP contribution in [0, 0.1) is 19.7 Å². The monoisotopic (exact) mass is 290 g/mol. The lowest BCUT2D eigenvalue weighted by atomic mass is 10.2. The van der Waals surface area contributed by atoms with E-state index in [1.807, 2.05) is 13.8 Å². The van der Waals surface area contributed by atoms with E-state index in [-0.39, 0.29) is 5.02 Å². The minimum absolute atomic E-state index is 0.0726. The minimum Gasteiger partial charge on any atom is -0.383 e. The Kier molecular flexibility index (Phi) is 2.87. The molecule has 0 aliphatic carbocycles. The first-order chi connectivity index (χ1) is 9.52. The molecule has 0 unspecified atom stereocenters. The van der Waals surface area contributed by atoms with Crippen molar-refractivity contribution < 1.29 is 4.39 Å². The van der Waals surface area contributed by atoms with Gasteiger partial charge in [0.15, 0.2) is 11.5 Å². The van der Waals surface area contributed by atoms with Gasteiger partial charge in [-0.15, -0.1) is 0 Å². The maximum Gasteiger partial charge on any atom is 0.165 e. The normalized spacial score (nSPS) is 11.2. The van der Waals surface area contributed by atoms with Gasteiger partial charge in [0, 0.05) is 5.69 Å². The third-order valence-electron chi connectivity index (χ3n) is 3.49. The molecule has 102 valence electrons. The summed E-state index contributed by atoms with van der Waals surface area (Å²) in [6.07, 6.45) is 1.37. The molecule has 3 rings (SSSR count). The van der Waals surface area contributed by atoms with Gasteiger partial charge in [0.25, 0.3) is 0 Å². The number of nitrogens with two attached hydrogens (primary N) is 1. The molecule has 2 aromatic heterocycles. The first kappa shape index (κ1) is 12.9. The number of aryl methyl sites for hydroxylation is 1. The molecule has 4 nitrogen and oxygen atoms in total. The van der Waals surface area contributed by atoms with E-state index in [1.165, 1.54) is 12.4 Å². The fraction of sp³-hybridized carbons (Fsp3) is 0.143. The Morgan fingerprint density at radius 1 is 1.25 bits per heavy atom. The van der Waals surface area contributed by atoms with Crippen LogP contribution in [0.2, 0.25) is 5.02 Å². The Labute approximate surface area is 120 Å². The Hall–Kier alpha value is -2.14. The molecule has 20 heavy (non-hydrogen) atoms. The molecular weight excluding hydrogens is 279 g/mol. The van der Waals surface area contributed by atoms with E-state index in [0.29, 0.717) is 17.2 Å². The van der Waals surface area contributed by atoms with Gasteiger partial charge in [0.1, 0.15) is 12.1 Å². The van der Waals surface area contributed by atoms with Crippen molar-refractivity contribution in [2.24, 2.45) is 0 Å². The highest BCUT2D eigenvalue weighted by molar-refractivity contribution is 6.30. The number of rotatable bonds is 1. The fourth-order valence-corrected chi connectivity index (χ4v) is 2.56. The Morgan fingerprint density at radius 2 is 2.00 bits per heavy atom. The van der Waals surface area contributed by atoms with E-state index in [2.05, 4.69) is 9.97 Å². The zero-order valence-electron chi connectivity index (χ0n) is 11.0. The number of anilines is 1. The van der Waals surface area contributed by atoms with Crippen molar-refractivity contribution >= 4 is 28.5 Å². The van der Waals surface area contributed by atoms with Crippen molar-refractivity contribution in [3.05, 3.63) is 46.6 Å². The van der Waals surface area contributed by atoms with Gasteiger partial charge in [0.2, 0.25) is 0 Å². The van der Waals surface area contributed by atoms with Crippen molar-refractivity contribution in [2.75, 3.05) is 5.73 Å². The molecule has 1 aromatic carbocycles. The molecular formula is C14H12ClFN4. The molecule has 0 aliphatic rings. The number of hydrogen-bond donors (Lipinski definition) is 1. The maximum absolute atomic E-state index is 14.3. The third-order valence-corrected chi connectivity index (χ3v) is 3.79. The van der Waals surface area contributed by atoms with Gasteiger partial charge in [-0.2, -0.15) is 0 Å². The molecule has 6 heteroatoms. The average Bonchev–Trinajstić information content (AvgIpc) is 2.67. The lowest BCUT2D eigenvalue weighted by Crippen LogP contribution is -2.02. The van der Waals surface area contributed by atoms with E-state index in [0.717, 1.165) is 16.6 Å². The van der Waals surface area contributed by atoms with Gasteiger partial charge in [-0.3, -0.25) is 4.57 Å². The number of nitrogens with zero attached hydrogens (tertiary/aromatic N) is 3. The van der Waals surface area contributed by atoms with Crippen molar-refractivity contribution in [2.45, 2.75) is 13.8 Å². The van der Waals surface area contributed by atoms with Crippen LogP contribution in [0.4, 0.5) is 10.2 Å².